The van der Waals surface area contributed by atoms with Crippen molar-refractivity contribution in [2.75, 3.05) is 26.3 Å². The highest BCUT2D eigenvalue weighted by Crippen LogP contribution is 2.89. The molecule has 2 N–H and O–H groups in total. The Morgan fingerprint density at radius 2 is 1.63 bits per heavy atom. The molecule has 9 nitrogen and oxygen atoms in total. The molecule has 2 saturated heterocycles. The standard InChI is InChI=1S/C37H59NO8/c1-21-19-23(30(33(5,6)42)44-22(2)39)45-28-27(21)34(7)13-14-37-20-36(37)12-11-26(46-31(41)38-15-17-43-18-16-38)32(3,4)24(36)9-10-25(37)35(34,8)29(28)40/h21,23-30,40,42H,9-20H2,1-8H3/t21-,23-,24+,25+,26+,27+,28+,29+,30+,34-,35-,36-,37+/m1/s1. The van der Waals surface area contributed by atoms with E-state index in [-0.39, 0.29) is 57.2 Å². The zero-order chi connectivity index (χ0) is 33.2. The Labute approximate surface area is 275 Å². The summed E-state index contributed by atoms with van der Waals surface area (Å²) >= 11 is 0. The number of aliphatic hydroxyl groups excluding tert-OH is 1. The molecule has 0 aromatic carbocycles. The Balaban J connectivity index is 1.14. The van der Waals surface area contributed by atoms with Gasteiger partial charge in [-0.1, -0.05) is 34.6 Å². The summed E-state index contributed by atoms with van der Waals surface area (Å²) in [6.07, 6.45) is 5.72. The predicted molar refractivity (Wildman–Crippen MR) is 171 cm³/mol. The van der Waals surface area contributed by atoms with Crippen molar-refractivity contribution in [2.24, 2.45) is 50.7 Å². The van der Waals surface area contributed by atoms with E-state index in [2.05, 4.69) is 34.6 Å². The largest absolute Gasteiger partial charge is 0.457 e. The average Bonchev–Trinajstić information content (AvgIpc) is 3.61. The summed E-state index contributed by atoms with van der Waals surface area (Å²) in [6.45, 7) is 18.8. The number of ether oxygens (including phenoxy) is 4. The molecule has 7 rings (SSSR count). The van der Waals surface area contributed by atoms with Gasteiger partial charge in [0.2, 0.25) is 0 Å². The summed E-state index contributed by atoms with van der Waals surface area (Å²) in [5.41, 5.74) is -1.35. The van der Waals surface area contributed by atoms with Gasteiger partial charge in [-0.2, -0.15) is 0 Å². The summed E-state index contributed by atoms with van der Waals surface area (Å²) in [4.78, 5) is 27.0. The monoisotopic (exact) mass is 645 g/mol. The van der Waals surface area contributed by atoms with Crippen LogP contribution in [0.1, 0.15) is 107 Å². The van der Waals surface area contributed by atoms with Crippen LogP contribution in [0.5, 0.6) is 0 Å². The fraction of sp³-hybridized carbons (Fsp3) is 0.946. The number of carbonyl (C=O) groups excluding carboxylic acids is 2. The maximum Gasteiger partial charge on any atom is 0.410 e. The van der Waals surface area contributed by atoms with E-state index in [0.29, 0.717) is 44.6 Å². The summed E-state index contributed by atoms with van der Waals surface area (Å²) in [5.74, 6) is 0.889. The van der Waals surface area contributed by atoms with Crippen molar-refractivity contribution < 1.29 is 38.7 Å². The molecule has 0 aromatic rings. The van der Waals surface area contributed by atoms with Crippen LogP contribution in [-0.2, 0) is 23.7 Å². The molecule has 5 saturated carbocycles. The van der Waals surface area contributed by atoms with Crippen LogP contribution in [0.4, 0.5) is 4.79 Å². The van der Waals surface area contributed by atoms with Crippen LogP contribution in [0.15, 0.2) is 0 Å². The molecule has 1 amide bonds. The van der Waals surface area contributed by atoms with E-state index in [4.69, 9.17) is 18.9 Å². The number of carbonyl (C=O) groups is 2. The first-order valence-corrected chi connectivity index (χ1v) is 18.2. The quantitative estimate of drug-likeness (QED) is 0.394. The van der Waals surface area contributed by atoms with E-state index in [0.717, 1.165) is 32.1 Å². The van der Waals surface area contributed by atoms with Gasteiger partial charge < -0.3 is 34.1 Å². The number of fused-ring (bicyclic) bond motifs is 4. The molecule has 0 aromatic heterocycles. The van der Waals surface area contributed by atoms with Gasteiger partial charge in [-0.05, 0) is 105 Å². The van der Waals surface area contributed by atoms with Gasteiger partial charge in [0.1, 0.15) is 6.10 Å². The Kier molecular flexibility index (Phi) is 7.58. The van der Waals surface area contributed by atoms with Gasteiger partial charge >= 0.3 is 12.1 Å². The van der Waals surface area contributed by atoms with Crippen molar-refractivity contribution in [1.29, 1.82) is 0 Å². The summed E-state index contributed by atoms with van der Waals surface area (Å²) in [5, 5.41) is 23.5. The molecule has 9 heteroatoms. The highest BCUT2D eigenvalue weighted by molar-refractivity contribution is 5.68. The van der Waals surface area contributed by atoms with E-state index >= 15 is 0 Å². The third kappa shape index (κ3) is 4.32. The number of rotatable bonds is 4. The molecule has 2 heterocycles. The first-order valence-electron chi connectivity index (χ1n) is 18.2. The summed E-state index contributed by atoms with van der Waals surface area (Å²) in [7, 11) is 0. The van der Waals surface area contributed by atoms with Crippen LogP contribution < -0.4 is 0 Å². The molecule has 0 radical (unpaired) electrons. The van der Waals surface area contributed by atoms with Crippen LogP contribution in [0.25, 0.3) is 0 Å². The second-order valence-electron chi connectivity index (χ2n) is 18.2. The fourth-order valence-corrected chi connectivity index (χ4v) is 13.5. The van der Waals surface area contributed by atoms with Crippen LogP contribution >= 0.6 is 0 Å². The fourth-order valence-electron chi connectivity index (χ4n) is 13.5. The molecular formula is C37H59NO8. The number of hydrogen-bond donors (Lipinski definition) is 2. The number of esters is 1. The van der Waals surface area contributed by atoms with Crippen molar-refractivity contribution in [3.05, 3.63) is 0 Å². The second kappa shape index (κ2) is 10.5. The van der Waals surface area contributed by atoms with Gasteiger partial charge in [-0.25, -0.2) is 4.79 Å². The lowest BCUT2D eigenvalue weighted by molar-refractivity contribution is -0.216. The SMILES string of the molecule is CC(=O)O[C@@H]([C@H]1C[C@@H](C)[C@H]2[C@H](O1)[C@H](O)[C@@]1(C)[C@@H]3CC[C@H]4C(C)(C)[C@@H](OC(=O)N5CCOCC5)CC[C@@]45C[C@@]35CC[C@]21C)C(C)(C)O. The topological polar surface area (TPSA) is 115 Å². The normalized spacial score (nSPS) is 49.7. The van der Waals surface area contributed by atoms with E-state index in [1.807, 2.05) is 0 Å². The lowest BCUT2D eigenvalue weighted by Crippen LogP contribution is -2.60. The van der Waals surface area contributed by atoms with Gasteiger partial charge in [-0.15, -0.1) is 0 Å². The van der Waals surface area contributed by atoms with Crippen LogP contribution in [0.2, 0.25) is 0 Å². The van der Waals surface area contributed by atoms with Crippen LogP contribution in [0, 0.1) is 50.7 Å². The molecule has 5 aliphatic carbocycles. The number of morpholine rings is 1. The molecule has 7 fully saturated rings. The van der Waals surface area contributed by atoms with Gasteiger partial charge in [0.15, 0.2) is 6.10 Å². The van der Waals surface area contributed by atoms with Crippen LogP contribution in [-0.4, -0.2) is 89.6 Å². The maximum atomic E-state index is 13.2. The van der Waals surface area contributed by atoms with E-state index in [1.165, 1.54) is 19.8 Å². The molecular weight excluding hydrogens is 586 g/mol. The molecule has 0 bridgehead atoms. The molecule has 2 spiro atoms. The Bertz CT molecular complexity index is 1240. The third-order valence-electron chi connectivity index (χ3n) is 15.6. The number of aliphatic hydroxyl groups is 2. The summed E-state index contributed by atoms with van der Waals surface area (Å²) in [6, 6.07) is 0. The van der Waals surface area contributed by atoms with Gasteiger partial charge in [-0.3, -0.25) is 4.79 Å². The average molecular weight is 646 g/mol. The predicted octanol–water partition coefficient (Wildman–Crippen LogP) is 5.34. The smallest absolute Gasteiger partial charge is 0.410 e. The van der Waals surface area contributed by atoms with Gasteiger partial charge in [0, 0.05) is 30.8 Å². The van der Waals surface area contributed by atoms with Crippen molar-refractivity contribution in [3.8, 4) is 0 Å². The Morgan fingerprint density at radius 1 is 0.978 bits per heavy atom. The lowest BCUT2D eigenvalue weighted by Gasteiger charge is -2.63. The lowest BCUT2D eigenvalue weighted by atomic mass is 9.41. The van der Waals surface area contributed by atoms with Gasteiger partial charge in [0.25, 0.3) is 0 Å². The minimum atomic E-state index is -1.27. The minimum absolute atomic E-state index is 0.0833. The maximum absolute atomic E-state index is 13.2. The molecule has 0 unspecified atom stereocenters. The van der Waals surface area contributed by atoms with Gasteiger partial charge in [0.05, 0.1) is 37.1 Å². The summed E-state index contributed by atoms with van der Waals surface area (Å²) < 4.78 is 24.2. The highest BCUT2D eigenvalue weighted by Gasteiger charge is 2.84. The zero-order valence-corrected chi connectivity index (χ0v) is 29.5. The molecule has 46 heavy (non-hydrogen) atoms. The Hall–Kier alpha value is -1.42. The molecule has 7 aliphatic rings. The van der Waals surface area contributed by atoms with Crippen molar-refractivity contribution in [2.45, 2.75) is 143 Å². The molecule has 2 aliphatic heterocycles. The third-order valence-corrected chi connectivity index (χ3v) is 15.6. The van der Waals surface area contributed by atoms with Crippen LogP contribution in [0.3, 0.4) is 0 Å². The van der Waals surface area contributed by atoms with E-state index < -0.39 is 29.9 Å². The van der Waals surface area contributed by atoms with Crippen molar-refractivity contribution >= 4 is 12.1 Å². The van der Waals surface area contributed by atoms with E-state index in [1.54, 1.807) is 18.7 Å². The van der Waals surface area contributed by atoms with Crippen molar-refractivity contribution in [3.63, 3.8) is 0 Å². The number of hydrogen-bond acceptors (Lipinski definition) is 8. The number of amides is 1. The highest BCUT2D eigenvalue weighted by atomic mass is 16.6. The first-order chi connectivity index (χ1) is 21.4. The number of nitrogens with zero attached hydrogens (tertiary/aromatic N) is 1. The second-order valence-corrected chi connectivity index (χ2v) is 18.2. The Morgan fingerprint density at radius 3 is 2.28 bits per heavy atom. The molecule has 13 atom stereocenters. The van der Waals surface area contributed by atoms with E-state index in [9.17, 15) is 19.8 Å². The minimum Gasteiger partial charge on any atom is -0.457 e. The van der Waals surface area contributed by atoms with Crippen molar-refractivity contribution in [1.82, 2.24) is 4.90 Å². The first kappa shape index (κ1) is 33.1. The molecule has 260 valence electrons. The zero-order valence-electron chi connectivity index (χ0n) is 29.5.